The second-order valence-electron chi connectivity index (χ2n) is 7.95. The molecule has 4 nitrogen and oxygen atoms in total. The summed E-state index contributed by atoms with van der Waals surface area (Å²) < 4.78 is 12.5. The minimum absolute atomic E-state index is 0.0169. The Hall–Kier alpha value is -1.65. The quantitative estimate of drug-likeness (QED) is 0.530. The van der Waals surface area contributed by atoms with Gasteiger partial charge in [0.25, 0.3) is 0 Å². The molecule has 1 aromatic heterocycles. The SMILES string of the molecule is Cc1ccc(N[C@H](c2c[nH]c3ccccc23)P2(=S)OCC(C)(C)CO2)cc1. The molecule has 1 atom stereocenters. The summed E-state index contributed by atoms with van der Waals surface area (Å²) in [5, 5.41) is 4.76. The molecule has 6 heteroatoms. The largest absolute Gasteiger partial charge is 0.370 e. The number of benzene rings is 2. The van der Waals surface area contributed by atoms with Crippen LogP contribution in [-0.4, -0.2) is 18.2 Å². The Morgan fingerprint density at radius 2 is 1.74 bits per heavy atom. The maximum absolute atomic E-state index is 6.24. The van der Waals surface area contributed by atoms with Gasteiger partial charge in [0.05, 0.1) is 13.2 Å². The molecule has 1 aliphatic heterocycles. The van der Waals surface area contributed by atoms with E-state index in [0.29, 0.717) is 13.2 Å². The molecule has 2 aromatic carbocycles. The monoisotopic (exact) mass is 400 g/mol. The van der Waals surface area contributed by atoms with E-state index in [1.807, 2.05) is 18.3 Å². The second kappa shape index (κ2) is 7.06. The molecule has 2 N–H and O–H groups in total. The van der Waals surface area contributed by atoms with E-state index < -0.39 is 6.49 Å². The average Bonchev–Trinajstić information content (AvgIpc) is 3.08. The van der Waals surface area contributed by atoms with Crippen LogP contribution in [0.1, 0.15) is 30.8 Å². The molecule has 0 aliphatic carbocycles. The molecule has 4 rings (SSSR count). The molecule has 0 bridgehead atoms. The Balaban J connectivity index is 1.75. The molecular weight excluding hydrogens is 375 g/mol. The summed E-state index contributed by atoms with van der Waals surface area (Å²) in [4.78, 5) is 3.36. The standard InChI is InChI=1S/C21H25N2O2PS/c1-15-8-10-16(11-9-15)23-20(26(27)24-13-21(2,3)14-25-26)18-12-22-19-7-5-4-6-17(18)19/h4-12,20,22-23H,13-14H2,1-3H3/t20-/m0/s1. The first-order valence-electron chi connectivity index (χ1n) is 9.14. The van der Waals surface area contributed by atoms with Gasteiger partial charge in [-0.3, -0.25) is 0 Å². The van der Waals surface area contributed by atoms with Crippen LogP contribution in [0.25, 0.3) is 10.9 Å². The Bertz CT molecular complexity index is 983. The highest BCUT2D eigenvalue weighted by Crippen LogP contribution is 2.64. The fraction of sp³-hybridized carbons (Fsp3) is 0.333. The highest BCUT2D eigenvalue weighted by molar-refractivity contribution is 8.10. The third-order valence-electron chi connectivity index (χ3n) is 4.86. The molecule has 0 spiro atoms. The number of anilines is 1. The summed E-state index contributed by atoms with van der Waals surface area (Å²) in [6.45, 7) is 5.01. The van der Waals surface area contributed by atoms with Crippen molar-refractivity contribution in [2.75, 3.05) is 18.5 Å². The van der Waals surface area contributed by atoms with Crippen LogP contribution in [0, 0.1) is 12.3 Å². The van der Waals surface area contributed by atoms with Gasteiger partial charge in [-0.2, -0.15) is 0 Å². The van der Waals surface area contributed by atoms with Crippen molar-refractivity contribution in [3.8, 4) is 0 Å². The number of nitrogens with one attached hydrogen (secondary N) is 2. The van der Waals surface area contributed by atoms with Crippen molar-refractivity contribution in [2.24, 2.45) is 5.41 Å². The minimum Gasteiger partial charge on any atom is -0.370 e. The summed E-state index contributed by atoms with van der Waals surface area (Å²) in [6.07, 6.45) is 2.02. The number of aromatic amines is 1. The molecule has 142 valence electrons. The maximum atomic E-state index is 6.24. The molecule has 0 amide bonds. The first-order chi connectivity index (χ1) is 12.9. The van der Waals surface area contributed by atoms with E-state index >= 15 is 0 Å². The molecule has 27 heavy (non-hydrogen) atoms. The van der Waals surface area contributed by atoms with Gasteiger partial charge in [0.15, 0.2) is 0 Å². The van der Waals surface area contributed by atoms with Gasteiger partial charge in [-0.25, -0.2) is 0 Å². The van der Waals surface area contributed by atoms with E-state index in [9.17, 15) is 0 Å². The Morgan fingerprint density at radius 3 is 2.44 bits per heavy atom. The fourth-order valence-electron chi connectivity index (χ4n) is 3.21. The summed E-state index contributed by atoms with van der Waals surface area (Å²) in [6, 6.07) is 16.6. The topological polar surface area (TPSA) is 46.3 Å². The van der Waals surface area contributed by atoms with Crippen molar-refractivity contribution in [2.45, 2.75) is 26.6 Å². The molecule has 0 radical (unpaired) electrons. The van der Waals surface area contributed by atoms with Gasteiger partial charge in [-0.15, -0.1) is 0 Å². The van der Waals surface area contributed by atoms with Crippen LogP contribution < -0.4 is 5.32 Å². The number of H-pyrrole nitrogens is 1. The van der Waals surface area contributed by atoms with E-state index in [0.717, 1.165) is 22.2 Å². The van der Waals surface area contributed by atoms with Crippen molar-refractivity contribution in [1.29, 1.82) is 0 Å². The van der Waals surface area contributed by atoms with E-state index in [2.05, 4.69) is 67.5 Å². The highest BCUT2D eigenvalue weighted by Gasteiger charge is 2.40. The van der Waals surface area contributed by atoms with Crippen molar-refractivity contribution >= 4 is 34.9 Å². The number of aryl methyl sites for hydroxylation is 1. The van der Waals surface area contributed by atoms with Crippen LogP contribution in [0.2, 0.25) is 0 Å². The predicted molar refractivity (Wildman–Crippen MR) is 116 cm³/mol. The van der Waals surface area contributed by atoms with Crippen LogP contribution in [0.4, 0.5) is 5.69 Å². The van der Waals surface area contributed by atoms with Gasteiger partial charge in [-0.05, 0) is 36.9 Å². The van der Waals surface area contributed by atoms with Crippen molar-refractivity contribution < 1.29 is 9.05 Å². The number of hydrogen-bond acceptors (Lipinski definition) is 4. The third-order valence-corrected chi connectivity index (χ3v) is 8.14. The van der Waals surface area contributed by atoms with E-state index in [1.54, 1.807) is 0 Å². The number of rotatable bonds is 4. The van der Waals surface area contributed by atoms with Gasteiger partial charge >= 0.3 is 0 Å². The van der Waals surface area contributed by atoms with Gasteiger partial charge in [-0.1, -0.05) is 49.7 Å². The maximum Gasteiger partial charge on any atom is 0.215 e. The van der Waals surface area contributed by atoms with Gasteiger partial charge in [0.1, 0.15) is 5.78 Å². The molecular formula is C21H25N2O2PS. The lowest BCUT2D eigenvalue weighted by Crippen LogP contribution is -2.31. The van der Waals surface area contributed by atoms with Crippen LogP contribution in [-0.2, 0) is 20.9 Å². The van der Waals surface area contributed by atoms with E-state index in [4.69, 9.17) is 20.9 Å². The molecule has 1 aliphatic rings. The van der Waals surface area contributed by atoms with Crippen LogP contribution in [0.15, 0.2) is 54.7 Å². The lowest BCUT2D eigenvalue weighted by Gasteiger charge is -2.40. The first-order valence-corrected chi connectivity index (χ1v) is 11.9. The number of fused-ring (bicyclic) bond motifs is 1. The zero-order chi connectivity index (χ0) is 19.1. The lowest BCUT2D eigenvalue weighted by atomic mass is 9.97. The average molecular weight is 400 g/mol. The van der Waals surface area contributed by atoms with Crippen molar-refractivity contribution in [3.63, 3.8) is 0 Å². The smallest absolute Gasteiger partial charge is 0.215 e. The van der Waals surface area contributed by atoms with Crippen LogP contribution in [0.3, 0.4) is 0 Å². The minimum atomic E-state index is -2.57. The molecule has 0 saturated carbocycles. The first kappa shape index (κ1) is 18.7. The fourth-order valence-corrected chi connectivity index (χ4v) is 6.32. The molecule has 1 saturated heterocycles. The highest BCUT2D eigenvalue weighted by atomic mass is 32.5. The van der Waals surface area contributed by atoms with Gasteiger partial charge in [0.2, 0.25) is 6.49 Å². The summed E-state index contributed by atoms with van der Waals surface area (Å²) in [5.74, 6) is -0.220. The van der Waals surface area contributed by atoms with Gasteiger partial charge < -0.3 is 19.3 Å². The van der Waals surface area contributed by atoms with Crippen molar-refractivity contribution in [3.05, 3.63) is 65.9 Å². The van der Waals surface area contributed by atoms with Crippen LogP contribution >= 0.6 is 6.49 Å². The second-order valence-corrected chi connectivity index (χ2v) is 11.6. The molecule has 1 fully saturated rings. The zero-order valence-electron chi connectivity index (χ0n) is 15.9. The number of para-hydroxylation sites is 1. The summed E-state index contributed by atoms with van der Waals surface area (Å²) in [7, 11) is 0. The number of aromatic nitrogens is 1. The Kier molecular flexibility index (Phi) is 4.89. The zero-order valence-corrected chi connectivity index (χ0v) is 17.6. The normalized spacial score (nSPS) is 19.7. The Labute approximate surface area is 165 Å². The molecule has 0 unspecified atom stereocenters. The predicted octanol–water partition coefficient (Wildman–Crippen LogP) is 5.97. The number of hydrogen-bond donors (Lipinski definition) is 2. The molecule has 3 aromatic rings. The summed E-state index contributed by atoms with van der Waals surface area (Å²) in [5.41, 5.74) is 4.39. The van der Waals surface area contributed by atoms with Gasteiger partial charge in [0, 0.05) is 33.8 Å². The van der Waals surface area contributed by atoms with Crippen LogP contribution in [0.5, 0.6) is 0 Å². The summed E-state index contributed by atoms with van der Waals surface area (Å²) >= 11 is 6.00. The van der Waals surface area contributed by atoms with E-state index in [1.165, 1.54) is 5.56 Å². The Morgan fingerprint density at radius 1 is 1.07 bits per heavy atom. The van der Waals surface area contributed by atoms with Crippen molar-refractivity contribution in [1.82, 2.24) is 4.98 Å². The molecule has 2 heterocycles. The lowest BCUT2D eigenvalue weighted by molar-refractivity contribution is 0.0579. The third kappa shape index (κ3) is 3.83. The van der Waals surface area contributed by atoms with E-state index in [-0.39, 0.29) is 11.2 Å².